The first-order valence-corrected chi connectivity index (χ1v) is 6.28. The van der Waals surface area contributed by atoms with E-state index in [1.165, 1.54) is 0 Å². The lowest BCUT2D eigenvalue weighted by Crippen LogP contribution is -2.32. The Morgan fingerprint density at radius 2 is 2.17 bits per heavy atom. The van der Waals surface area contributed by atoms with E-state index in [9.17, 15) is 4.79 Å². The van der Waals surface area contributed by atoms with Crippen molar-refractivity contribution in [1.29, 1.82) is 0 Å². The summed E-state index contributed by atoms with van der Waals surface area (Å²) in [6, 6.07) is 3.81. The molecule has 0 bridgehead atoms. The van der Waals surface area contributed by atoms with Crippen molar-refractivity contribution in [1.82, 2.24) is 9.80 Å². The number of carbonyl (C=O) groups excluding carboxylic acids is 1. The van der Waals surface area contributed by atoms with Crippen LogP contribution < -0.4 is 5.73 Å². The van der Waals surface area contributed by atoms with Gasteiger partial charge in [0, 0.05) is 26.6 Å². The van der Waals surface area contributed by atoms with Crippen LogP contribution in [0.25, 0.3) is 0 Å². The van der Waals surface area contributed by atoms with Crippen molar-refractivity contribution in [2.45, 2.75) is 19.4 Å². The summed E-state index contributed by atoms with van der Waals surface area (Å²) in [6.45, 7) is 2.81. The van der Waals surface area contributed by atoms with Crippen molar-refractivity contribution in [3.05, 3.63) is 24.2 Å². The molecule has 1 heterocycles. The van der Waals surface area contributed by atoms with Gasteiger partial charge in [0.15, 0.2) is 0 Å². The molecule has 0 aliphatic rings. The lowest BCUT2D eigenvalue weighted by Gasteiger charge is -2.19. The summed E-state index contributed by atoms with van der Waals surface area (Å²) in [4.78, 5) is 15.6. The molecular weight excluding hydrogens is 230 g/mol. The number of amides is 1. The smallest absolute Gasteiger partial charge is 0.223 e. The van der Waals surface area contributed by atoms with Crippen molar-refractivity contribution in [2.75, 3.05) is 33.7 Å². The van der Waals surface area contributed by atoms with E-state index in [4.69, 9.17) is 10.2 Å². The number of furan rings is 1. The largest absolute Gasteiger partial charge is 0.468 e. The van der Waals surface area contributed by atoms with E-state index in [1.807, 2.05) is 26.2 Å². The number of nitrogens with zero attached hydrogens (tertiary/aromatic N) is 2. The fraction of sp³-hybridized carbons (Fsp3) is 0.615. The Morgan fingerprint density at radius 1 is 1.39 bits per heavy atom. The van der Waals surface area contributed by atoms with Crippen LogP contribution in [0.1, 0.15) is 18.6 Å². The Labute approximate surface area is 109 Å². The second-order valence-electron chi connectivity index (χ2n) is 4.52. The summed E-state index contributed by atoms with van der Waals surface area (Å²) in [6.07, 6.45) is 3.04. The molecule has 5 heteroatoms. The number of nitrogens with two attached hydrogens (primary N) is 1. The summed E-state index contributed by atoms with van der Waals surface area (Å²) >= 11 is 0. The molecule has 0 aliphatic carbocycles. The van der Waals surface area contributed by atoms with Crippen LogP contribution in [-0.4, -0.2) is 49.4 Å². The van der Waals surface area contributed by atoms with Gasteiger partial charge in [0.1, 0.15) is 5.76 Å². The average molecular weight is 253 g/mol. The van der Waals surface area contributed by atoms with E-state index in [1.54, 1.807) is 11.2 Å². The molecule has 5 nitrogen and oxygen atoms in total. The molecule has 1 amide bonds. The first-order chi connectivity index (χ1) is 8.63. The Morgan fingerprint density at radius 3 is 2.78 bits per heavy atom. The van der Waals surface area contributed by atoms with Crippen LogP contribution >= 0.6 is 0 Å². The monoisotopic (exact) mass is 253 g/mol. The van der Waals surface area contributed by atoms with Crippen LogP contribution in [-0.2, 0) is 11.3 Å². The van der Waals surface area contributed by atoms with Gasteiger partial charge in [-0.3, -0.25) is 9.69 Å². The Bertz CT molecular complexity index is 338. The van der Waals surface area contributed by atoms with Gasteiger partial charge >= 0.3 is 0 Å². The first-order valence-electron chi connectivity index (χ1n) is 6.28. The lowest BCUT2D eigenvalue weighted by atomic mass is 10.3. The predicted octanol–water partition coefficient (Wildman–Crippen LogP) is 0.909. The summed E-state index contributed by atoms with van der Waals surface area (Å²) in [7, 11) is 3.81. The summed E-state index contributed by atoms with van der Waals surface area (Å²) in [5.41, 5.74) is 5.42. The summed E-state index contributed by atoms with van der Waals surface area (Å²) in [5, 5.41) is 0. The zero-order valence-electron chi connectivity index (χ0n) is 11.3. The van der Waals surface area contributed by atoms with Gasteiger partial charge in [-0.05, 0) is 32.1 Å². The van der Waals surface area contributed by atoms with Gasteiger partial charge in [-0.1, -0.05) is 0 Å². The standard InChI is InChI=1S/C13H23N3O2/c1-15(11-12-5-3-10-18-12)9-6-13(17)16(2)8-4-7-14/h3,5,10H,4,6-9,11,14H2,1-2H3. The molecule has 0 spiro atoms. The van der Waals surface area contributed by atoms with Crippen LogP contribution in [0.3, 0.4) is 0 Å². The van der Waals surface area contributed by atoms with Crippen LogP contribution in [0.5, 0.6) is 0 Å². The average Bonchev–Trinajstić information content (AvgIpc) is 2.85. The molecule has 0 unspecified atom stereocenters. The topological polar surface area (TPSA) is 62.7 Å². The van der Waals surface area contributed by atoms with Gasteiger partial charge in [0.05, 0.1) is 12.8 Å². The molecule has 0 fully saturated rings. The number of hydrogen-bond acceptors (Lipinski definition) is 4. The molecule has 0 saturated carbocycles. The van der Waals surface area contributed by atoms with Crippen molar-refractivity contribution in [3.63, 3.8) is 0 Å². The number of rotatable bonds is 8. The second-order valence-corrected chi connectivity index (χ2v) is 4.52. The third-order valence-electron chi connectivity index (χ3n) is 2.84. The molecule has 1 aromatic rings. The van der Waals surface area contributed by atoms with E-state index in [-0.39, 0.29) is 5.91 Å². The van der Waals surface area contributed by atoms with Gasteiger partial charge in [-0.2, -0.15) is 0 Å². The molecule has 0 aliphatic heterocycles. The third kappa shape index (κ3) is 5.33. The van der Waals surface area contributed by atoms with E-state index < -0.39 is 0 Å². The third-order valence-corrected chi connectivity index (χ3v) is 2.84. The van der Waals surface area contributed by atoms with Crippen molar-refractivity contribution in [2.24, 2.45) is 5.73 Å². The summed E-state index contributed by atoms with van der Waals surface area (Å²) < 4.78 is 5.26. The van der Waals surface area contributed by atoms with Gasteiger partial charge in [-0.15, -0.1) is 0 Å². The normalized spacial score (nSPS) is 10.9. The van der Waals surface area contributed by atoms with Gasteiger partial charge in [0.2, 0.25) is 5.91 Å². The molecular formula is C13H23N3O2. The molecule has 0 atom stereocenters. The number of carbonyl (C=O) groups is 1. The van der Waals surface area contributed by atoms with E-state index in [0.717, 1.165) is 31.8 Å². The zero-order valence-corrected chi connectivity index (χ0v) is 11.3. The maximum absolute atomic E-state index is 11.8. The molecule has 0 aromatic carbocycles. The Balaban J connectivity index is 2.21. The molecule has 0 saturated heterocycles. The zero-order chi connectivity index (χ0) is 13.4. The van der Waals surface area contributed by atoms with Gasteiger partial charge < -0.3 is 15.1 Å². The highest BCUT2D eigenvalue weighted by atomic mass is 16.3. The second kappa shape index (κ2) is 7.89. The van der Waals surface area contributed by atoms with Crippen LogP contribution in [0, 0.1) is 0 Å². The molecule has 102 valence electrons. The fourth-order valence-electron chi connectivity index (χ4n) is 1.68. The van der Waals surface area contributed by atoms with E-state index in [2.05, 4.69) is 4.90 Å². The SMILES string of the molecule is CN(CCC(=O)N(C)CCCN)Cc1ccco1. The lowest BCUT2D eigenvalue weighted by molar-refractivity contribution is -0.130. The predicted molar refractivity (Wildman–Crippen MR) is 71.0 cm³/mol. The minimum atomic E-state index is 0.162. The highest BCUT2D eigenvalue weighted by Gasteiger charge is 2.10. The Kier molecular flexibility index (Phi) is 6.46. The highest BCUT2D eigenvalue weighted by Crippen LogP contribution is 2.04. The van der Waals surface area contributed by atoms with Crippen LogP contribution in [0.15, 0.2) is 22.8 Å². The fourth-order valence-corrected chi connectivity index (χ4v) is 1.68. The minimum Gasteiger partial charge on any atom is -0.468 e. The van der Waals surface area contributed by atoms with Crippen molar-refractivity contribution in [3.8, 4) is 0 Å². The highest BCUT2D eigenvalue weighted by molar-refractivity contribution is 5.76. The molecule has 2 N–H and O–H groups in total. The van der Waals surface area contributed by atoms with Crippen LogP contribution in [0.2, 0.25) is 0 Å². The maximum Gasteiger partial charge on any atom is 0.223 e. The van der Waals surface area contributed by atoms with Crippen LogP contribution in [0.4, 0.5) is 0 Å². The molecule has 18 heavy (non-hydrogen) atoms. The summed E-state index contributed by atoms with van der Waals surface area (Å²) in [5.74, 6) is 1.08. The molecule has 0 radical (unpaired) electrons. The van der Waals surface area contributed by atoms with Crippen molar-refractivity contribution >= 4 is 5.91 Å². The van der Waals surface area contributed by atoms with E-state index in [0.29, 0.717) is 13.0 Å². The quantitative estimate of drug-likeness (QED) is 0.748. The first kappa shape index (κ1) is 14.7. The minimum absolute atomic E-state index is 0.162. The van der Waals surface area contributed by atoms with Crippen molar-refractivity contribution < 1.29 is 9.21 Å². The number of hydrogen-bond donors (Lipinski definition) is 1. The van der Waals surface area contributed by atoms with E-state index >= 15 is 0 Å². The molecule has 1 aromatic heterocycles. The Hall–Kier alpha value is -1.33. The molecule has 1 rings (SSSR count). The van der Waals surface area contributed by atoms with Gasteiger partial charge in [-0.25, -0.2) is 0 Å². The maximum atomic E-state index is 11.8. The van der Waals surface area contributed by atoms with Gasteiger partial charge in [0.25, 0.3) is 0 Å².